The molecule has 1 saturated heterocycles. The third kappa shape index (κ3) is 4.57. The van der Waals surface area contributed by atoms with Crippen molar-refractivity contribution < 1.29 is 13.2 Å². The highest BCUT2D eigenvalue weighted by Gasteiger charge is 2.29. The van der Waals surface area contributed by atoms with Gasteiger partial charge in [-0.2, -0.15) is 0 Å². The van der Waals surface area contributed by atoms with E-state index in [-0.39, 0.29) is 23.5 Å². The zero-order valence-electron chi connectivity index (χ0n) is 14.1. The maximum atomic E-state index is 12.2. The van der Waals surface area contributed by atoms with Gasteiger partial charge in [-0.05, 0) is 24.1 Å². The minimum absolute atomic E-state index is 0.0106. The van der Waals surface area contributed by atoms with Gasteiger partial charge in [0.1, 0.15) is 5.69 Å². The van der Waals surface area contributed by atoms with E-state index in [1.165, 1.54) is 5.56 Å². The fourth-order valence-electron chi connectivity index (χ4n) is 2.86. The van der Waals surface area contributed by atoms with Crippen molar-refractivity contribution in [2.75, 3.05) is 23.5 Å². The highest BCUT2D eigenvalue weighted by atomic mass is 32.2. The van der Waals surface area contributed by atoms with Crippen molar-refractivity contribution in [3.63, 3.8) is 0 Å². The van der Waals surface area contributed by atoms with Gasteiger partial charge in [0.2, 0.25) is 0 Å². The van der Waals surface area contributed by atoms with Gasteiger partial charge in [0.15, 0.2) is 9.84 Å². The minimum atomic E-state index is -3.01. The Hall–Kier alpha value is -2.41. The van der Waals surface area contributed by atoms with Crippen LogP contribution in [0.4, 0.5) is 5.69 Å². The SMILES string of the molecule is CN(Cc1ccccc1)c1ccc(C(=O)NC2CCS(=O)(=O)C2)nc1. The van der Waals surface area contributed by atoms with Gasteiger partial charge in [-0.1, -0.05) is 30.3 Å². The lowest BCUT2D eigenvalue weighted by molar-refractivity contribution is 0.0936. The maximum Gasteiger partial charge on any atom is 0.270 e. The predicted octanol–water partition coefficient (Wildman–Crippen LogP) is 1.63. The van der Waals surface area contributed by atoms with E-state index in [1.54, 1.807) is 12.3 Å². The highest BCUT2D eigenvalue weighted by Crippen LogP contribution is 2.16. The first kappa shape index (κ1) is 17.4. The van der Waals surface area contributed by atoms with E-state index in [0.717, 1.165) is 12.2 Å². The first-order valence-electron chi connectivity index (χ1n) is 8.15. The molecule has 25 heavy (non-hydrogen) atoms. The third-order valence-corrected chi connectivity index (χ3v) is 6.02. The topological polar surface area (TPSA) is 79.4 Å². The van der Waals surface area contributed by atoms with E-state index in [2.05, 4.69) is 22.4 Å². The van der Waals surface area contributed by atoms with Crippen molar-refractivity contribution in [1.82, 2.24) is 10.3 Å². The van der Waals surface area contributed by atoms with Gasteiger partial charge in [0, 0.05) is 19.6 Å². The van der Waals surface area contributed by atoms with Crippen LogP contribution in [0.3, 0.4) is 0 Å². The fraction of sp³-hybridized carbons (Fsp3) is 0.333. The quantitative estimate of drug-likeness (QED) is 0.878. The van der Waals surface area contributed by atoms with E-state index in [0.29, 0.717) is 12.1 Å². The number of nitrogens with one attached hydrogen (secondary N) is 1. The monoisotopic (exact) mass is 359 g/mol. The standard InChI is InChI=1S/C18H21N3O3S/c1-21(12-14-5-3-2-4-6-14)16-7-8-17(19-11-16)18(22)20-15-9-10-25(23,24)13-15/h2-8,11,15H,9-10,12-13H2,1H3,(H,20,22). The van der Waals surface area contributed by atoms with E-state index < -0.39 is 9.84 Å². The fourth-order valence-corrected chi connectivity index (χ4v) is 4.54. The molecule has 1 N–H and O–H groups in total. The van der Waals surface area contributed by atoms with Crippen LogP contribution >= 0.6 is 0 Å². The Morgan fingerprint density at radius 1 is 1.24 bits per heavy atom. The van der Waals surface area contributed by atoms with Gasteiger partial charge in [0.25, 0.3) is 5.91 Å². The smallest absolute Gasteiger partial charge is 0.270 e. The molecule has 1 aliphatic rings. The van der Waals surface area contributed by atoms with Crippen molar-refractivity contribution in [2.45, 2.75) is 19.0 Å². The first-order valence-corrected chi connectivity index (χ1v) is 9.97. The number of carbonyl (C=O) groups excluding carboxylic acids is 1. The Balaban J connectivity index is 1.60. The van der Waals surface area contributed by atoms with Gasteiger partial charge in [-0.25, -0.2) is 13.4 Å². The van der Waals surface area contributed by atoms with Crippen LogP contribution in [0.25, 0.3) is 0 Å². The molecule has 0 spiro atoms. The Morgan fingerprint density at radius 3 is 2.60 bits per heavy atom. The Morgan fingerprint density at radius 2 is 2.00 bits per heavy atom. The van der Waals surface area contributed by atoms with Crippen molar-refractivity contribution in [3.05, 3.63) is 59.9 Å². The second-order valence-electron chi connectivity index (χ2n) is 6.32. The summed E-state index contributed by atoms with van der Waals surface area (Å²) in [5.74, 6) is -0.190. The van der Waals surface area contributed by atoms with Crippen LogP contribution in [-0.2, 0) is 16.4 Å². The second-order valence-corrected chi connectivity index (χ2v) is 8.55. The molecule has 2 heterocycles. The second kappa shape index (κ2) is 7.23. The largest absolute Gasteiger partial charge is 0.369 e. The number of sulfone groups is 1. The molecule has 7 heteroatoms. The molecule has 0 radical (unpaired) electrons. The molecule has 0 aliphatic carbocycles. The number of amides is 1. The van der Waals surface area contributed by atoms with E-state index in [4.69, 9.17) is 0 Å². The average Bonchev–Trinajstić information content (AvgIpc) is 2.94. The molecule has 6 nitrogen and oxygen atoms in total. The molecule has 3 rings (SSSR count). The average molecular weight is 359 g/mol. The summed E-state index contributed by atoms with van der Waals surface area (Å²) in [5.41, 5.74) is 2.39. The van der Waals surface area contributed by atoms with Gasteiger partial charge in [-0.3, -0.25) is 4.79 Å². The van der Waals surface area contributed by atoms with Crippen LogP contribution in [0.15, 0.2) is 48.7 Å². The molecule has 1 atom stereocenters. The lowest BCUT2D eigenvalue weighted by atomic mass is 10.2. The Bertz CT molecular complexity index is 836. The van der Waals surface area contributed by atoms with Crippen LogP contribution in [0, 0.1) is 0 Å². The zero-order valence-corrected chi connectivity index (χ0v) is 14.9. The van der Waals surface area contributed by atoms with Gasteiger partial charge < -0.3 is 10.2 Å². The number of carbonyl (C=O) groups is 1. The number of nitrogens with zero attached hydrogens (tertiary/aromatic N) is 2. The van der Waals surface area contributed by atoms with Crippen molar-refractivity contribution in [1.29, 1.82) is 0 Å². The molecule has 1 amide bonds. The Kier molecular flexibility index (Phi) is 5.03. The van der Waals surface area contributed by atoms with Crippen molar-refractivity contribution >= 4 is 21.4 Å². The van der Waals surface area contributed by atoms with Crippen LogP contribution in [0.5, 0.6) is 0 Å². The summed E-state index contributed by atoms with van der Waals surface area (Å²) in [6.07, 6.45) is 2.12. The molecule has 1 aliphatic heterocycles. The number of aromatic nitrogens is 1. The van der Waals surface area contributed by atoms with Crippen LogP contribution < -0.4 is 10.2 Å². The summed E-state index contributed by atoms with van der Waals surface area (Å²) >= 11 is 0. The normalized spacial score (nSPS) is 18.7. The number of hydrogen-bond acceptors (Lipinski definition) is 5. The van der Waals surface area contributed by atoms with E-state index in [1.807, 2.05) is 36.2 Å². The van der Waals surface area contributed by atoms with E-state index in [9.17, 15) is 13.2 Å². The number of hydrogen-bond donors (Lipinski definition) is 1. The number of anilines is 1. The van der Waals surface area contributed by atoms with Gasteiger partial charge in [-0.15, -0.1) is 0 Å². The minimum Gasteiger partial charge on any atom is -0.369 e. The summed E-state index contributed by atoms with van der Waals surface area (Å²) in [6.45, 7) is 0.744. The zero-order chi connectivity index (χ0) is 17.9. The molecule has 1 aromatic heterocycles. The van der Waals surface area contributed by atoms with Crippen LogP contribution in [-0.4, -0.2) is 43.9 Å². The number of rotatable bonds is 5. The van der Waals surface area contributed by atoms with Gasteiger partial charge in [0.05, 0.1) is 23.4 Å². The summed E-state index contributed by atoms with van der Waals surface area (Å²) in [4.78, 5) is 18.5. The first-order chi connectivity index (χ1) is 11.9. The maximum absolute atomic E-state index is 12.2. The molecule has 2 aromatic rings. The van der Waals surface area contributed by atoms with Gasteiger partial charge >= 0.3 is 0 Å². The van der Waals surface area contributed by atoms with E-state index >= 15 is 0 Å². The van der Waals surface area contributed by atoms with Crippen molar-refractivity contribution in [2.24, 2.45) is 0 Å². The Labute approximate surface area is 147 Å². The molecule has 132 valence electrons. The lowest BCUT2D eigenvalue weighted by Crippen LogP contribution is -2.36. The number of benzene rings is 1. The number of pyridine rings is 1. The van der Waals surface area contributed by atoms with Crippen LogP contribution in [0.2, 0.25) is 0 Å². The lowest BCUT2D eigenvalue weighted by Gasteiger charge is -2.19. The molecular weight excluding hydrogens is 338 g/mol. The molecule has 0 saturated carbocycles. The van der Waals surface area contributed by atoms with Crippen molar-refractivity contribution in [3.8, 4) is 0 Å². The molecule has 0 bridgehead atoms. The molecule has 1 fully saturated rings. The predicted molar refractivity (Wildman–Crippen MR) is 97.3 cm³/mol. The summed E-state index contributed by atoms with van der Waals surface area (Å²) in [7, 11) is -1.05. The molecule has 1 aromatic carbocycles. The third-order valence-electron chi connectivity index (χ3n) is 4.25. The molecular formula is C18H21N3O3S. The van der Waals surface area contributed by atoms with Crippen LogP contribution in [0.1, 0.15) is 22.5 Å². The summed E-state index contributed by atoms with van der Waals surface area (Å²) < 4.78 is 22.9. The highest BCUT2D eigenvalue weighted by molar-refractivity contribution is 7.91. The summed E-state index contributed by atoms with van der Waals surface area (Å²) in [5, 5.41) is 2.75. The molecule has 1 unspecified atom stereocenters. The summed E-state index contributed by atoms with van der Waals surface area (Å²) in [6, 6.07) is 13.3.